The Hall–Kier alpha value is -10.3. The van der Waals surface area contributed by atoms with E-state index in [1.54, 1.807) is 30.5 Å². The van der Waals surface area contributed by atoms with Crippen LogP contribution in [-0.4, -0.2) is 207 Å². The van der Waals surface area contributed by atoms with Crippen LogP contribution >= 0.6 is 33.2 Å². The van der Waals surface area contributed by atoms with Gasteiger partial charge in [0.2, 0.25) is 76.8 Å². The zero-order valence-electron chi connectivity index (χ0n) is 58.5. The minimum atomic E-state index is -1.76. The molecule has 0 spiro atoms. The van der Waals surface area contributed by atoms with E-state index in [4.69, 9.17) is 40.3 Å². The van der Waals surface area contributed by atoms with Gasteiger partial charge in [-0.15, -0.1) is 0 Å². The van der Waals surface area contributed by atoms with Crippen molar-refractivity contribution >= 4 is 133 Å². The van der Waals surface area contributed by atoms with E-state index < -0.39 is 211 Å². The highest BCUT2D eigenvalue weighted by molar-refractivity contribution is 8.76. The number of carboxylic acids is 1. The summed E-state index contributed by atoms with van der Waals surface area (Å²) >= 11 is 6.23. The topological polar surface area (TPSA) is 561 Å². The number of likely N-dealkylation sites (tertiary alicyclic amines) is 1. The highest BCUT2D eigenvalue weighted by atomic mass is 35.5. The van der Waals surface area contributed by atoms with Crippen LogP contribution in [-0.2, 0) is 86.4 Å². The first-order chi connectivity index (χ1) is 51.1. The Balaban J connectivity index is 1.29. The monoisotopic (exact) mass is 1550 g/mol. The van der Waals surface area contributed by atoms with Gasteiger partial charge in [0.25, 0.3) is 0 Å². The fraction of sp³-hybridized carbons (Fsp3) is 0.493. The molecule has 580 valence electrons. The van der Waals surface area contributed by atoms with Crippen LogP contribution in [0.1, 0.15) is 107 Å². The molecule has 0 bridgehead atoms. The highest BCUT2D eigenvalue weighted by Crippen LogP contribution is 2.30. The molecule has 3 aromatic carbocycles. The van der Waals surface area contributed by atoms with E-state index in [-0.39, 0.29) is 80.5 Å². The number of aliphatic carboxylic acids is 1. The van der Waals surface area contributed by atoms with Gasteiger partial charge in [-0.1, -0.05) is 88.5 Å². The number of carboxylic acid groups (broad SMARTS) is 1. The van der Waals surface area contributed by atoms with Gasteiger partial charge in [0.05, 0.1) is 5.02 Å². The summed E-state index contributed by atoms with van der Waals surface area (Å²) in [6.45, 7) is -0.307. The zero-order chi connectivity index (χ0) is 77.9. The number of para-hydroxylation sites is 1. The molecule has 13 amide bonds. The molecule has 107 heavy (non-hydrogen) atoms. The number of aliphatic imine (C=N–C) groups is 1. The number of guanidine groups is 1. The fourth-order valence-electron chi connectivity index (χ4n) is 12.5. The van der Waals surface area contributed by atoms with Gasteiger partial charge in [-0.3, -0.25) is 72.1 Å². The number of fused-ring (bicyclic) bond motifs is 1. The number of primary amides is 2. The van der Waals surface area contributed by atoms with Crippen molar-refractivity contribution in [3.8, 4) is 5.75 Å². The number of hydrogen-bond acceptors (Lipinski definition) is 19. The number of aromatic hydroxyl groups is 1. The Bertz CT molecular complexity index is 3900. The van der Waals surface area contributed by atoms with Crippen molar-refractivity contribution in [2.24, 2.45) is 39.6 Å². The quantitative estimate of drug-likeness (QED) is 0.0159. The van der Waals surface area contributed by atoms with Gasteiger partial charge >= 0.3 is 5.97 Å². The third-order valence-corrected chi connectivity index (χ3v) is 20.9. The number of halogens is 2. The molecule has 3 fully saturated rings. The number of H-pyrrole nitrogens is 1. The van der Waals surface area contributed by atoms with Crippen molar-refractivity contribution in [2.45, 2.75) is 170 Å². The Morgan fingerprint density at radius 2 is 1.30 bits per heavy atom. The molecule has 1 saturated carbocycles. The van der Waals surface area contributed by atoms with Crippen LogP contribution in [0, 0.1) is 11.7 Å². The summed E-state index contributed by atoms with van der Waals surface area (Å²) in [5.74, 6) is -16.4. The maximum absolute atomic E-state index is 16.0. The number of amides is 13. The SMILES string of the molecule is NCCC(=O)N1CCC[C@H]1C(=O)N[C@@H](Cc1ccc(O)cc1)C(=O)N[C@H]1CSSC[C@H](C(N)=O)NC(=O)[C@H](CCC(=O)O)NC(=O)[C@H](Cc2c[nH]c3ccccc23)NC(=O)[C@H](CCC(N)=O)NC(=O)CCNC(=O)[C@H](CCCN=C(N)N)NC(=O)[C@H](Cc2cccc(Cl)c2F)NC(=O)[C@H](C2CCCC2)NC1=O. The van der Waals surface area contributed by atoms with Crippen LogP contribution < -0.4 is 81.8 Å². The largest absolute Gasteiger partial charge is 0.508 e. The second-order valence-corrected chi connectivity index (χ2v) is 29.1. The van der Waals surface area contributed by atoms with Gasteiger partial charge in [0.1, 0.15) is 72.0 Å². The smallest absolute Gasteiger partial charge is 0.303 e. The lowest BCUT2D eigenvalue weighted by Crippen LogP contribution is -2.61. The molecule has 4 aromatic rings. The number of carbonyl (C=O) groups is 14. The molecule has 3 aliphatic rings. The summed E-state index contributed by atoms with van der Waals surface area (Å²) < 4.78 is 16.0. The van der Waals surface area contributed by atoms with Crippen molar-refractivity contribution in [3.05, 3.63) is 100 Å². The number of aromatic nitrogens is 1. The van der Waals surface area contributed by atoms with E-state index in [0.29, 0.717) is 54.1 Å². The lowest BCUT2D eigenvalue weighted by molar-refractivity contribution is -0.139. The van der Waals surface area contributed by atoms with Crippen LogP contribution in [0.2, 0.25) is 5.02 Å². The number of aromatic amines is 1. The number of nitrogens with one attached hydrogen (secondary N) is 11. The lowest BCUT2D eigenvalue weighted by Gasteiger charge is -2.30. The second-order valence-electron chi connectivity index (χ2n) is 26.1. The molecule has 1 aromatic heterocycles. The molecule has 0 unspecified atom stereocenters. The molecule has 23 N–H and O–H groups in total. The zero-order valence-corrected chi connectivity index (χ0v) is 60.9. The van der Waals surface area contributed by atoms with Crippen LogP contribution in [0.3, 0.4) is 0 Å². The molecule has 38 heteroatoms. The predicted molar refractivity (Wildman–Crippen MR) is 394 cm³/mol. The maximum atomic E-state index is 16.0. The minimum Gasteiger partial charge on any atom is -0.508 e. The number of nitrogens with zero attached hydrogens (tertiary/aromatic N) is 2. The van der Waals surface area contributed by atoms with Crippen LogP contribution in [0.25, 0.3) is 10.9 Å². The van der Waals surface area contributed by atoms with E-state index in [9.17, 15) is 63.0 Å². The average molecular weight is 1550 g/mol. The highest BCUT2D eigenvalue weighted by Gasteiger charge is 2.41. The Kier molecular flexibility index (Phi) is 32.6. The standard InChI is InChI=1S/C69H92ClFN18O16S2/c70-42-12-5-10-38(57(42)71)31-48-64(101)81-44(14-6-27-78-69(75)76)60(97)77-28-25-54(92)80-45(20-22-53(73)91)61(98)83-49(32-39-33-79-43-13-4-3-11-41(39)43)65(102)82-46(21-23-56(94)95)62(99)86-50(59(74)96)34-106-107-35-51(66(103)88-58(68(105)85-48)37-8-1-2-9-37)87-63(100)47(30-36-16-18-40(90)19-17-36)84-67(104)52-15-7-29-89(52)55(93)24-26-72/h3-5,10-13,16-19,33,37,44-52,58,79,90H,1-2,6-9,14-15,20-32,34-35,72H2,(H2,73,91)(H2,74,96)(H,77,97)(H,80,92)(H,81,101)(H,82,102)(H,83,98)(H,84,104)(H,85,105)(H,86,99)(H,87,100)(H,88,103)(H,94,95)(H4,75,76,78)/t44-,45-,46-,47-,48-,49-,50+,51-,52-,58-/m0/s1. The second kappa shape index (κ2) is 41.6. The van der Waals surface area contributed by atoms with Gasteiger partial charge in [-0.05, 0) is 98.2 Å². The number of rotatable bonds is 24. The number of benzene rings is 3. The molecular formula is C69H92ClFN18O16S2. The number of phenolic OH excluding ortho intramolecular Hbond substituents is 1. The van der Waals surface area contributed by atoms with Crippen molar-refractivity contribution in [3.63, 3.8) is 0 Å². The lowest BCUT2D eigenvalue weighted by atomic mass is 9.95. The first kappa shape index (κ1) is 84.0. The summed E-state index contributed by atoms with van der Waals surface area (Å²) in [5.41, 5.74) is 29.6. The van der Waals surface area contributed by atoms with Crippen molar-refractivity contribution in [1.82, 2.24) is 63.1 Å². The van der Waals surface area contributed by atoms with Gasteiger partial charge in [-0.25, -0.2) is 4.39 Å². The molecule has 10 atom stereocenters. The van der Waals surface area contributed by atoms with Gasteiger partial charge in [-0.2, -0.15) is 0 Å². The molecule has 2 aliphatic heterocycles. The molecule has 3 heterocycles. The molecule has 34 nitrogen and oxygen atoms in total. The normalized spacial score (nSPS) is 22.8. The Labute approximate surface area is 627 Å². The van der Waals surface area contributed by atoms with Gasteiger partial charge < -0.3 is 102 Å². The first-order valence-electron chi connectivity index (χ1n) is 34.9. The van der Waals surface area contributed by atoms with E-state index >= 15 is 18.8 Å². The van der Waals surface area contributed by atoms with Gasteiger partial charge in [0, 0.05) is 99.7 Å². The molecule has 1 aliphatic carbocycles. The number of carbonyl (C=O) groups excluding carboxylic acids is 13. The third-order valence-electron chi connectivity index (χ3n) is 18.2. The van der Waals surface area contributed by atoms with E-state index in [1.807, 2.05) is 0 Å². The van der Waals surface area contributed by atoms with Crippen LogP contribution in [0.5, 0.6) is 5.75 Å². The first-order valence-corrected chi connectivity index (χ1v) is 37.8. The predicted octanol–water partition coefficient (Wildman–Crippen LogP) is -1.84. The summed E-state index contributed by atoms with van der Waals surface area (Å²) in [4.78, 5) is 206. The van der Waals surface area contributed by atoms with E-state index in [1.165, 1.54) is 47.4 Å². The number of nitrogens with two attached hydrogens (primary N) is 5. The third kappa shape index (κ3) is 26.0. The summed E-state index contributed by atoms with van der Waals surface area (Å²) in [5, 5.41) is 46.4. The van der Waals surface area contributed by atoms with Crippen LogP contribution in [0.4, 0.5) is 4.39 Å². The molecule has 7 rings (SSSR count). The van der Waals surface area contributed by atoms with Crippen molar-refractivity contribution in [2.75, 3.05) is 37.7 Å². The van der Waals surface area contributed by atoms with E-state index in [0.717, 1.165) is 21.6 Å². The van der Waals surface area contributed by atoms with Crippen molar-refractivity contribution in [1.29, 1.82) is 0 Å². The molecule has 0 radical (unpaired) electrons. The average Bonchev–Trinajstić information content (AvgIpc) is 1.78. The Morgan fingerprint density at radius 1 is 0.673 bits per heavy atom. The summed E-state index contributed by atoms with van der Waals surface area (Å²) in [6, 6.07) is 0.895. The summed E-state index contributed by atoms with van der Waals surface area (Å²) in [6.07, 6.45) is -0.108. The summed E-state index contributed by atoms with van der Waals surface area (Å²) in [7, 11) is 1.68. The molecule has 2 saturated heterocycles. The van der Waals surface area contributed by atoms with Gasteiger partial charge in [0.15, 0.2) is 5.96 Å². The van der Waals surface area contributed by atoms with Crippen molar-refractivity contribution < 1.29 is 81.7 Å². The minimum absolute atomic E-state index is 0.0000657. The number of hydrogen-bond donors (Lipinski definition) is 18. The Morgan fingerprint density at radius 3 is 1.97 bits per heavy atom. The number of phenols is 1. The molecular weight excluding hydrogens is 1460 g/mol. The maximum Gasteiger partial charge on any atom is 0.303 e. The van der Waals surface area contributed by atoms with E-state index in [2.05, 4.69) is 63.1 Å². The fourth-order valence-corrected chi connectivity index (χ4v) is 15.1. The van der Waals surface area contributed by atoms with Crippen LogP contribution in [0.15, 0.2) is 77.9 Å².